The first-order valence-corrected chi connectivity index (χ1v) is 7.19. The average Bonchev–Trinajstić information content (AvgIpc) is 2.49. The minimum atomic E-state index is -0.245. The smallest absolute Gasteiger partial charge is 0.123 e. The van der Waals surface area contributed by atoms with E-state index < -0.39 is 0 Å². The van der Waals surface area contributed by atoms with Gasteiger partial charge in [0, 0.05) is 18.4 Å². The van der Waals surface area contributed by atoms with Gasteiger partial charge in [-0.15, -0.1) is 0 Å². The Morgan fingerprint density at radius 3 is 2.57 bits per heavy atom. The Balaban J connectivity index is 2.47. The van der Waals surface area contributed by atoms with Crippen molar-refractivity contribution in [2.75, 3.05) is 13.7 Å². The Kier molecular flexibility index (Phi) is 7.23. The lowest BCUT2D eigenvalue weighted by atomic mass is 10.2. The number of nitrogens with one attached hydrogen (secondary N) is 1. The lowest BCUT2D eigenvalue weighted by Crippen LogP contribution is -2.28. The Hall–Kier alpha value is -2.10. The zero-order valence-electron chi connectivity index (χ0n) is 13.1. The van der Waals surface area contributed by atoms with Crippen LogP contribution in [0.5, 0.6) is 0 Å². The number of aliphatic imine (C=N–C) groups is 1. The summed E-state index contributed by atoms with van der Waals surface area (Å²) in [6.07, 6.45) is 5.84. The molecule has 4 heteroatoms. The third kappa shape index (κ3) is 6.25. The molecule has 0 atom stereocenters. The number of hydrogen-bond donors (Lipinski definition) is 1. The minimum absolute atomic E-state index is 0.245. The van der Waals surface area contributed by atoms with Crippen LogP contribution in [0.3, 0.4) is 0 Å². The number of halogens is 1. The van der Waals surface area contributed by atoms with Crippen LogP contribution < -0.4 is 5.32 Å². The molecule has 0 bridgehead atoms. The van der Waals surface area contributed by atoms with E-state index in [9.17, 15) is 4.39 Å². The molecule has 0 aromatic heterocycles. The van der Waals surface area contributed by atoms with Crippen LogP contribution >= 0.6 is 0 Å². The van der Waals surface area contributed by atoms with E-state index in [4.69, 9.17) is 0 Å². The zero-order chi connectivity index (χ0) is 15.7. The molecule has 0 radical (unpaired) electrons. The summed E-state index contributed by atoms with van der Waals surface area (Å²) < 4.78 is 12.9. The highest BCUT2D eigenvalue weighted by Crippen LogP contribution is 2.10. The Bertz CT molecular complexity index is 503. The molecule has 0 heterocycles. The summed E-state index contributed by atoms with van der Waals surface area (Å²) in [5.41, 5.74) is 2.72. The summed E-state index contributed by atoms with van der Waals surface area (Å²) >= 11 is 0. The van der Waals surface area contributed by atoms with Gasteiger partial charge < -0.3 is 10.2 Å². The first-order chi connectivity index (χ1) is 10.1. The highest BCUT2D eigenvalue weighted by molar-refractivity contribution is 5.62. The van der Waals surface area contributed by atoms with Gasteiger partial charge in [-0.2, -0.15) is 0 Å². The van der Waals surface area contributed by atoms with Crippen LogP contribution in [-0.2, 0) is 0 Å². The predicted molar refractivity (Wildman–Crippen MR) is 88.4 cm³/mol. The van der Waals surface area contributed by atoms with Gasteiger partial charge in [0.25, 0.3) is 0 Å². The van der Waals surface area contributed by atoms with E-state index >= 15 is 0 Å². The second-order valence-corrected chi connectivity index (χ2v) is 4.78. The standard InChI is InChI=1S/C17H24FN3/c1-5-7-17(6-2)20-13-21(4)12-19-14(3)15-8-10-16(18)11-9-15/h7-11,13,19H,3,5-6,12H2,1-2,4H3/b17-7+,20-13-. The van der Waals surface area contributed by atoms with Crippen molar-refractivity contribution in [1.82, 2.24) is 10.2 Å². The largest absolute Gasteiger partial charge is 0.368 e. The number of benzene rings is 1. The summed E-state index contributed by atoms with van der Waals surface area (Å²) in [6, 6.07) is 6.27. The van der Waals surface area contributed by atoms with Crippen molar-refractivity contribution in [3.05, 3.63) is 54.0 Å². The number of hydrogen-bond acceptors (Lipinski definition) is 2. The predicted octanol–water partition coefficient (Wildman–Crippen LogP) is 4.01. The third-order valence-electron chi connectivity index (χ3n) is 2.96. The van der Waals surface area contributed by atoms with Crippen LogP contribution in [0.15, 0.2) is 47.6 Å². The molecule has 0 fully saturated rings. The third-order valence-corrected chi connectivity index (χ3v) is 2.96. The fraction of sp³-hybridized carbons (Fsp3) is 0.353. The van der Waals surface area contributed by atoms with Gasteiger partial charge in [0.2, 0.25) is 0 Å². The van der Waals surface area contributed by atoms with E-state index in [1.807, 2.05) is 11.9 Å². The van der Waals surface area contributed by atoms with Crippen molar-refractivity contribution < 1.29 is 4.39 Å². The van der Waals surface area contributed by atoms with Gasteiger partial charge in [-0.1, -0.05) is 38.6 Å². The van der Waals surface area contributed by atoms with Crippen molar-refractivity contribution in [3.63, 3.8) is 0 Å². The molecular formula is C17H24FN3. The van der Waals surface area contributed by atoms with E-state index in [1.54, 1.807) is 18.5 Å². The van der Waals surface area contributed by atoms with E-state index in [0.29, 0.717) is 6.67 Å². The summed E-state index contributed by atoms with van der Waals surface area (Å²) in [6.45, 7) is 8.73. The number of allylic oxidation sites excluding steroid dienone is 2. The summed E-state index contributed by atoms with van der Waals surface area (Å²) in [5, 5.41) is 3.19. The zero-order valence-corrected chi connectivity index (χ0v) is 13.1. The van der Waals surface area contributed by atoms with Gasteiger partial charge in [-0.05, 0) is 30.5 Å². The van der Waals surface area contributed by atoms with Gasteiger partial charge in [-0.25, -0.2) is 9.38 Å². The maximum Gasteiger partial charge on any atom is 0.123 e. The quantitative estimate of drug-likeness (QED) is 0.445. The highest BCUT2D eigenvalue weighted by atomic mass is 19.1. The molecular weight excluding hydrogens is 265 g/mol. The molecule has 1 rings (SSSR count). The summed E-state index contributed by atoms with van der Waals surface area (Å²) in [7, 11) is 1.94. The molecule has 0 saturated heterocycles. The molecule has 21 heavy (non-hydrogen) atoms. The van der Waals surface area contributed by atoms with Crippen LogP contribution in [-0.4, -0.2) is 25.0 Å². The lowest BCUT2D eigenvalue weighted by Gasteiger charge is -2.17. The van der Waals surface area contributed by atoms with E-state index in [0.717, 1.165) is 29.8 Å². The number of nitrogens with zero attached hydrogens (tertiary/aromatic N) is 2. The molecule has 1 aromatic rings. The molecule has 3 nitrogen and oxygen atoms in total. The van der Waals surface area contributed by atoms with Crippen LogP contribution in [0.1, 0.15) is 32.3 Å². The summed E-state index contributed by atoms with van der Waals surface area (Å²) in [5.74, 6) is -0.245. The molecule has 1 N–H and O–H groups in total. The van der Waals surface area contributed by atoms with Crippen LogP contribution in [0.25, 0.3) is 5.70 Å². The molecule has 0 spiro atoms. The van der Waals surface area contributed by atoms with Crippen molar-refractivity contribution >= 4 is 12.0 Å². The van der Waals surface area contributed by atoms with Gasteiger partial charge in [0.05, 0.1) is 13.0 Å². The van der Waals surface area contributed by atoms with E-state index in [1.165, 1.54) is 12.1 Å². The normalized spacial score (nSPS) is 11.7. The molecule has 0 saturated carbocycles. The van der Waals surface area contributed by atoms with E-state index in [-0.39, 0.29) is 5.82 Å². The molecule has 0 unspecified atom stereocenters. The maximum absolute atomic E-state index is 12.9. The van der Waals surface area contributed by atoms with Crippen LogP contribution in [0, 0.1) is 5.82 Å². The Morgan fingerprint density at radius 2 is 2.00 bits per heavy atom. The first-order valence-electron chi connectivity index (χ1n) is 7.19. The minimum Gasteiger partial charge on any atom is -0.368 e. The topological polar surface area (TPSA) is 27.6 Å². The van der Waals surface area contributed by atoms with Gasteiger partial charge >= 0.3 is 0 Å². The number of rotatable bonds is 8. The molecule has 0 aliphatic rings. The molecule has 0 aliphatic heterocycles. The molecule has 1 aromatic carbocycles. The van der Waals surface area contributed by atoms with Crippen LogP contribution in [0.4, 0.5) is 4.39 Å². The second kappa shape index (κ2) is 8.95. The van der Waals surface area contributed by atoms with Gasteiger partial charge in [0.15, 0.2) is 0 Å². The monoisotopic (exact) mass is 289 g/mol. The molecule has 0 aliphatic carbocycles. The van der Waals surface area contributed by atoms with Crippen molar-refractivity contribution in [3.8, 4) is 0 Å². The van der Waals surface area contributed by atoms with Crippen molar-refractivity contribution in [2.24, 2.45) is 4.99 Å². The molecule has 114 valence electrons. The second-order valence-electron chi connectivity index (χ2n) is 4.78. The summed E-state index contributed by atoms with van der Waals surface area (Å²) in [4.78, 5) is 6.38. The van der Waals surface area contributed by atoms with Crippen molar-refractivity contribution in [1.29, 1.82) is 0 Å². The maximum atomic E-state index is 12.9. The first kappa shape index (κ1) is 17.0. The lowest BCUT2D eigenvalue weighted by molar-refractivity contribution is 0.499. The van der Waals surface area contributed by atoms with Crippen LogP contribution in [0.2, 0.25) is 0 Å². The Labute approximate surface area is 126 Å². The fourth-order valence-electron chi connectivity index (χ4n) is 1.71. The fourth-order valence-corrected chi connectivity index (χ4v) is 1.71. The van der Waals surface area contributed by atoms with Crippen molar-refractivity contribution in [2.45, 2.75) is 26.7 Å². The Morgan fingerprint density at radius 1 is 1.33 bits per heavy atom. The van der Waals surface area contributed by atoms with Gasteiger partial charge in [-0.3, -0.25) is 0 Å². The SMILES string of the molecule is C=C(NCN(C)/C=N\C(=C\CC)CC)c1ccc(F)cc1. The highest BCUT2D eigenvalue weighted by Gasteiger charge is 1.99. The molecule has 0 amide bonds. The average molecular weight is 289 g/mol. The van der Waals surface area contributed by atoms with Gasteiger partial charge in [0.1, 0.15) is 5.82 Å². The van der Waals surface area contributed by atoms with E-state index in [2.05, 4.69) is 36.8 Å².